The van der Waals surface area contributed by atoms with Gasteiger partial charge in [0.25, 0.3) is 0 Å². The van der Waals surface area contributed by atoms with Crippen molar-refractivity contribution in [1.29, 1.82) is 0 Å². The molecule has 0 saturated carbocycles. The van der Waals surface area contributed by atoms with Gasteiger partial charge in [-0.05, 0) is 58.6 Å². The van der Waals surface area contributed by atoms with Gasteiger partial charge in [-0.3, -0.25) is 4.98 Å². The molecule has 0 bridgehead atoms. The summed E-state index contributed by atoms with van der Waals surface area (Å²) in [5, 5.41) is 10.3. The first-order chi connectivity index (χ1) is 10.8. The molecule has 0 aromatic carbocycles. The molecule has 1 saturated heterocycles. The normalized spacial score (nSPS) is 20.2. The van der Waals surface area contributed by atoms with Crippen molar-refractivity contribution >= 4 is 6.09 Å². The van der Waals surface area contributed by atoms with Gasteiger partial charge < -0.3 is 14.7 Å². The van der Waals surface area contributed by atoms with Crippen molar-refractivity contribution in [3.63, 3.8) is 0 Å². The van der Waals surface area contributed by atoms with E-state index < -0.39 is 17.5 Å². The van der Waals surface area contributed by atoms with Crippen molar-refractivity contribution in [3.05, 3.63) is 29.8 Å². The molecule has 128 valence electrons. The lowest BCUT2D eigenvalue weighted by molar-refractivity contribution is 0.00211. The largest absolute Gasteiger partial charge is 0.444 e. The fourth-order valence-corrected chi connectivity index (χ4v) is 2.77. The number of amides is 1. The Morgan fingerprint density at radius 2 is 2.22 bits per heavy atom. The van der Waals surface area contributed by atoms with Crippen LogP contribution in [0.4, 0.5) is 9.18 Å². The Bertz CT molecular complexity index is 528. The third-order valence-corrected chi connectivity index (χ3v) is 3.84. The van der Waals surface area contributed by atoms with E-state index in [-0.39, 0.29) is 12.1 Å². The number of hydrogen-bond donors (Lipinski definition) is 1. The lowest BCUT2D eigenvalue weighted by Gasteiger charge is -2.37. The highest BCUT2D eigenvalue weighted by molar-refractivity contribution is 5.68. The number of piperidine rings is 1. The van der Waals surface area contributed by atoms with Crippen LogP contribution in [-0.4, -0.2) is 39.3 Å². The predicted octanol–water partition coefficient (Wildman–Crippen LogP) is 3.43. The van der Waals surface area contributed by atoms with Crippen molar-refractivity contribution in [2.24, 2.45) is 0 Å². The van der Waals surface area contributed by atoms with E-state index in [4.69, 9.17) is 4.74 Å². The number of likely N-dealkylation sites (tertiary alicyclic amines) is 1. The summed E-state index contributed by atoms with van der Waals surface area (Å²) in [6.07, 6.45) is 3.04. The Balaban J connectivity index is 2.03. The molecule has 0 spiro atoms. The Labute approximate surface area is 136 Å². The number of carbonyl (C=O) groups is 1. The first-order valence-electron chi connectivity index (χ1n) is 8.05. The molecule has 2 rings (SSSR count). The van der Waals surface area contributed by atoms with Gasteiger partial charge in [0.1, 0.15) is 11.4 Å². The van der Waals surface area contributed by atoms with Crippen LogP contribution in [-0.2, 0) is 4.74 Å². The molecule has 23 heavy (non-hydrogen) atoms. The Hall–Kier alpha value is -1.69. The number of halogens is 1. The van der Waals surface area contributed by atoms with Crippen LogP contribution < -0.4 is 0 Å². The van der Waals surface area contributed by atoms with Crippen LogP contribution in [0.15, 0.2) is 18.3 Å². The minimum Gasteiger partial charge on any atom is -0.444 e. The maximum absolute atomic E-state index is 12.9. The quantitative estimate of drug-likeness (QED) is 0.925. The number of pyridine rings is 1. The zero-order valence-corrected chi connectivity index (χ0v) is 14.0. The van der Waals surface area contributed by atoms with Gasteiger partial charge in [-0.2, -0.15) is 0 Å². The zero-order chi connectivity index (χ0) is 17.0. The number of carbonyl (C=O) groups excluding carboxylic acids is 1. The Morgan fingerprint density at radius 3 is 2.83 bits per heavy atom. The summed E-state index contributed by atoms with van der Waals surface area (Å²) in [5.41, 5.74) is -0.128. The van der Waals surface area contributed by atoms with Crippen LogP contribution >= 0.6 is 0 Å². The summed E-state index contributed by atoms with van der Waals surface area (Å²) in [4.78, 5) is 18.0. The van der Waals surface area contributed by atoms with E-state index in [9.17, 15) is 14.3 Å². The molecule has 2 unspecified atom stereocenters. The summed E-state index contributed by atoms with van der Waals surface area (Å²) < 4.78 is 18.4. The monoisotopic (exact) mass is 324 g/mol. The average molecular weight is 324 g/mol. The first kappa shape index (κ1) is 17.7. The number of rotatable bonds is 3. The van der Waals surface area contributed by atoms with Gasteiger partial charge in [0.15, 0.2) is 0 Å². The fourth-order valence-electron chi connectivity index (χ4n) is 2.77. The van der Waals surface area contributed by atoms with E-state index >= 15 is 0 Å². The van der Waals surface area contributed by atoms with Gasteiger partial charge in [-0.15, -0.1) is 0 Å². The summed E-state index contributed by atoms with van der Waals surface area (Å²) >= 11 is 0. The standard InChI is InChI=1S/C17H25FN2O3/c1-17(2,3)23-16(22)20-9-5-4-6-13(20)10-15(21)14-8-7-12(18)11-19-14/h7-8,11,13,15,21H,4-6,9-10H2,1-3H3. The zero-order valence-electron chi connectivity index (χ0n) is 14.0. The minimum atomic E-state index is -0.830. The first-order valence-corrected chi connectivity index (χ1v) is 8.05. The van der Waals surface area contributed by atoms with Gasteiger partial charge in [0.2, 0.25) is 0 Å². The van der Waals surface area contributed by atoms with E-state index in [0.29, 0.717) is 18.7 Å². The maximum atomic E-state index is 12.9. The molecule has 2 heterocycles. The molecule has 1 aromatic rings. The van der Waals surface area contributed by atoms with E-state index in [2.05, 4.69) is 4.98 Å². The Morgan fingerprint density at radius 1 is 1.48 bits per heavy atom. The molecule has 6 heteroatoms. The van der Waals surface area contributed by atoms with Crippen molar-refractivity contribution in [3.8, 4) is 0 Å². The van der Waals surface area contributed by atoms with Crippen LogP contribution in [0.1, 0.15) is 58.3 Å². The third kappa shape index (κ3) is 5.16. The van der Waals surface area contributed by atoms with Crippen molar-refractivity contribution < 1.29 is 19.0 Å². The van der Waals surface area contributed by atoms with Crippen LogP contribution in [0, 0.1) is 5.82 Å². The summed E-state index contributed by atoms with van der Waals surface area (Å²) in [6.45, 7) is 6.13. The highest BCUT2D eigenvalue weighted by Gasteiger charge is 2.32. The second-order valence-corrected chi connectivity index (χ2v) is 6.98. The van der Waals surface area contributed by atoms with E-state index in [1.807, 2.05) is 20.8 Å². The number of hydrogen-bond acceptors (Lipinski definition) is 4. The van der Waals surface area contributed by atoms with E-state index in [1.54, 1.807) is 4.90 Å². The average Bonchev–Trinajstić information content (AvgIpc) is 2.46. The van der Waals surface area contributed by atoms with E-state index in [1.165, 1.54) is 12.1 Å². The third-order valence-electron chi connectivity index (χ3n) is 3.84. The molecule has 1 aliphatic heterocycles. The maximum Gasteiger partial charge on any atom is 0.410 e. The lowest BCUT2D eigenvalue weighted by atomic mass is 9.96. The molecule has 1 aromatic heterocycles. The SMILES string of the molecule is CC(C)(C)OC(=O)N1CCCCC1CC(O)c1ccc(F)cn1. The molecule has 1 N–H and O–H groups in total. The molecule has 0 radical (unpaired) electrons. The summed E-state index contributed by atoms with van der Waals surface area (Å²) in [7, 11) is 0. The smallest absolute Gasteiger partial charge is 0.410 e. The number of aliphatic hydroxyl groups excluding tert-OH is 1. The molecule has 5 nitrogen and oxygen atoms in total. The second-order valence-electron chi connectivity index (χ2n) is 6.98. The molecule has 2 atom stereocenters. The number of nitrogens with zero attached hydrogens (tertiary/aromatic N) is 2. The second kappa shape index (κ2) is 7.25. The fraction of sp³-hybridized carbons (Fsp3) is 0.647. The van der Waals surface area contributed by atoms with Crippen LogP contribution in [0.25, 0.3) is 0 Å². The van der Waals surface area contributed by atoms with E-state index in [0.717, 1.165) is 25.5 Å². The minimum absolute atomic E-state index is 0.0968. The van der Waals surface area contributed by atoms with Crippen molar-refractivity contribution in [2.75, 3.05) is 6.54 Å². The number of aromatic nitrogens is 1. The van der Waals surface area contributed by atoms with Crippen molar-refractivity contribution in [1.82, 2.24) is 9.88 Å². The predicted molar refractivity (Wildman–Crippen MR) is 84.4 cm³/mol. The lowest BCUT2D eigenvalue weighted by Crippen LogP contribution is -2.46. The van der Waals surface area contributed by atoms with Gasteiger partial charge in [0, 0.05) is 12.6 Å². The van der Waals surface area contributed by atoms with Gasteiger partial charge in [-0.25, -0.2) is 9.18 Å². The van der Waals surface area contributed by atoms with Crippen molar-refractivity contribution in [2.45, 2.75) is 64.2 Å². The van der Waals surface area contributed by atoms with Crippen LogP contribution in [0.3, 0.4) is 0 Å². The molecule has 1 aliphatic rings. The van der Waals surface area contributed by atoms with Gasteiger partial charge >= 0.3 is 6.09 Å². The van der Waals surface area contributed by atoms with Crippen LogP contribution in [0.2, 0.25) is 0 Å². The number of aliphatic hydroxyl groups is 1. The highest BCUT2D eigenvalue weighted by atomic mass is 19.1. The van der Waals surface area contributed by atoms with Gasteiger partial charge in [-0.1, -0.05) is 0 Å². The van der Waals surface area contributed by atoms with Crippen LogP contribution in [0.5, 0.6) is 0 Å². The molecule has 0 aliphatic carbocycles. The molecule has 1 amide bonds. The Kier molecular flexibility index (Phi) is 5.57. The highest BCUT2D eigenvalue weighted by Crippen LogP contribution is 2.27. The molecular formula is C17H25FN2O3. The topological polar surface area (TPSA) is 62.7 Å². The molecular weight excluding hydrogens is 299 g/mol. The number of ether oxygens (including phenoxy) is 1. The molecule has 1 fully saturated rings. The summed E-state index contributed by atoms with van der Waals surface area (Å²) in [5.74, 6) is -0.436. The van der Waals surface area contributed by atoms with Gasteiger partial charge in [0.05, 0.1) is 18.0 Å². The summed E-state index contributed by atoms with van der Waals surface area (Å²) in [6, 6.07) is 2.65.